The molecule has 0 aliphatic carbocycles. The summed E-state index contributed by atoms with van der Waals surface area (Å²) in [4.78, 5) is 20.1. The number of pyridine rings is 1. The SMILES string of the molecule is O=c1cc(-c2cc(F)c(Cl)nc2Cl)[nH]c2c(-c3cccs3)c(C(Cl)(Cl)Cl)nn12. The number of halogens is 6. The summed E-state index contributed by atoms with van der Waals surface area (Å²) >= 11 is 31.3. The van der Waals surface area contributed by atoms with Crippen molar-refractivity contribution in [1.82, 2.24) is 19.6 Å². The first-order valence-electron chi connectivity index (χ1n) is 7.46. The first kappa shape index (κ1) is 19.9. The third kappa shape index (κ3) is 3.40. The van der Waals surface area contributed by atoms with Crippen LogP contribution in [0, 0.1) is 5.82 Å². The molecule has 0 saturated heterocycles. The first-order valence-corrected chi connectivity index (χ1v) is 10.2. The van der Waals surface area contributed by atoms with Crippen LogP contribution >= 0.6 is 69.3 Å². The van der Waals surface area contributed by atoms with Gasteiger partial charge in [0.15, 0.2) is 11.0 Å². The molecule has 0 aromatic carbocycles. The van der Waals surface area contributed by atoms with E-state index in [-0.39, 0.29) is 32.9 Å². The highest BCUT2D eigenvalue weighted by atomic mass is 35.6. The third-order valence-corrected chi connectivity index (χ3v) is 5.81. The fourth-order valence-electron chi connectivity index (χ4n) is 2.67. The zero-order valence-corrected chi connectivity index (χ0v) is 17.9. The highest BCUT2D eigenvalue weighted by Crippen LogP contribution is 2.44. The van der Waals surface area contributed by atoms with Gasteiger partial charge < -0.3 is 4.98 Å². The van der Waals surface area contributed by atoms with Crippen molar-refractivity contribution in [1.29, 1.82) is 0 Å². The molecule has 4 rings (SSSR count). The maximum atomic E-state index is 13.9. The van der Waals surface area contributed by atoms with Gasteiger partial charge in [0.25, 0.3) is 5.56 Å². The lowest BCUT2D eigenvalue weighted by molar-refractivity contribution is 0.622. The number of nitrogens with zero attached hydrogens (tertiary/aromatic N) is 3. The highest BCUT2D eigenvalue weighted by Gasteiger charge is 2.33. The Bertz CT molecular complexity index is 1260. The van der Waals surface area contributed by atoms with Crippen molar-refractivity contribution < 1.29 is 4.39 Å². The minimum Gasteiger partial charge on any atom is -0.339 e. The second-order valence-electron chi connectivity index (χ2n) is 5.58. The van der Waals surface area contributed by atoms with Crippen molar-refractivity contribution >= 4 is 75.0 Å². The summed E-state index contributed by atoms with van der Waals surface area (Å²) in [5, 5.41) is 5.55. The topological polar surface area (TPSA) is 63.0 Å². The predicted molar refractivity (Wildman–Crippen MR) is 112 cm³/mol. The van der Waals surface area contributed by atoms with E-state index < -0.39 is 15.2 Å². The van der Waals surface area contributed by atoms with E-state index in [1.807, 2.05) is 11.4 Å². The zero-order chi connectivity index (χ0) is 20.2. The molecule has 0 radical (unpaired) electrons. The van der Waals surface area contributed by atoms with Crippen LogP contribution in [0.3, 0.4) is 0 Å². The fourth-order valence-corrected chi connectivity index (χ4v) is 4.27. The molecule has 4 aromatic rings. The van der Waals surface area contributed by atoms with Gasteiger partial charge in [-0.1, -0.05) is 64.1 Å². The van der Waals surface area contributed by atoms with Crippen LogP contribution < -0.4 is 5.56 Å². The Morgan fingerprint density at radius 1 is 1.18 bits per heavy atom. The van der Waals surface area contributed by atoms with E-state index in [0.717, 1.165) is 15.5 Å². The van der Waals surface area contributed by atoms with E-state index in [1.54, 1.807) is 6.07 Å². The molecule has 0 spiro atoms. The Morgan fingerprint density at radius 2 is 1.93 bits per heavy atom. The van der Waals surface area contributed by atoms with Crippen molar-refractivity contribution in [3.05, 3.63) is 61.8 Å². The Hall–Kier alpha value is -1.35. The fraction of sp³-hybridized carbons (Fsp3) is 0.0625. The van der Waals surface area contributed by atoms with Crippen molar-refractivity contribution in [2.24, 2.45) is 0 Å². The number of nitrogens with one attached hydrogen (secondary N) is 1. The Labute approximate surface area is 185 Å². The van der Waals surface area contributed by atoms with Gasteiger partial charge in [0.1, 0.15) is 16.5 Å². The van der Waals surface area contributed by atoms with Crippen LogP contribution in [0.1, 0.15) is 5.69 Å². The number of aromatic nitrogens is 4. The maximum Gasteiger partial charge on any atom is 0.274 e. The summed E-state index contributed by atoms with van der Waals surface area (Å²) in [5.41, 5.74) is 0.603. The molecule has 0 fully saturated rings. The van der Waals surface area contributed by atoms with Crippen LogP contribution in [0.2, 0.25) is 10.3 Å². The number of alkyl halides is 3. The predicted octanol–water partition coefficient (Wildman–Crippen LogP) is 6.09. The Balaban J connectivity index is 2.08. The highest BCUT2D eigenvalue weighted by molar-refractivity contribution is 7.13. The van der Waals surface area contributed by atoms with Gasteiger partial charge >= 0.3 is 0 Å². The van der Waals surface area contributed by atoms with Crippen LogP contribution in [0.15, 0.2) is 34.4 Å². The molecule has 0 saturated carbocycles. The lowest BCUT2D eigenvalue weighted by Gasteiger charge is -2.09. The molecule has 28 heavy (non-hydrogen) atoms. The van der Waals surface area contributed by atoms with E-state index in [4.69, 9.17) is 58.0 Å². The van der Waals surface area contributed by atoms with Crippen LogP contribution in [-0.2, 0) is 3.79 Å². The number of fused-ring (bicyclic) bond motifs is 1. The molecule has 12 heteroatoms. The van der Waals surface area contributed by atoms with E-state index >= 15 is 0 Å². The van der Waals surface area contributed by atoms with Crippen molar-refractivity contribution in [3.8, 4) is 21.7 Å². The summed E-state index contributed by atoms with van der Waals surface area (Å²) in [5.74, 6) is -0.782. The number of rotatable bonds is 2. The number of thiophene rings is 1. The first-order chi connectivity index (χ1) is 13.2. The lowest BCUT2D eigenvalue weighted by Crippen LogP contribution is -2.15. The lowest BCUT2D eigenvalue weighted by atomic mass is 10.2. The summed E-state index contributed by atoms with van der Waals surface area (Å²) in [6, 6.07) is 5.87. The molecule has 0 unspecified atom stereocenters. The molecule has 144 valence electrons. The summed E-state index contributed by atoms with van der Waals surface area (Å²) in [7, 11) is 0. The summed E-state index contributed by atoms with van der Waals surface area (Å²) < 4.78 is 13.1. The van der Waals surface area contributed by atoms with Gasteiger partial charge in [-0.15, -0.1) is 11.3 Å². The van der Waals surface area contributed by atoms with Gasteiger partial charge in [0.2, 0.25) is 3.79 Å². The van der Waals surface area contributed by atoms with Gasteiger partial charge in [-0.2, -0.15) is 9.61 Å². The van der Waals surface area contributed by atoms with Crippen molar-refractivity contribution in [2.45, 2.75) is 3.79 Å². The van der Waals surface area contributed by atoms with E-state index in [9.17, 15) is 9.18 Å². The summed E-state index contributed by atoms with van der Waals surface area (Å²) in [6.07, 6.45) is 0. The molecule has 5 nitrogen and oxygen atoms in total. The van der Waals surface area contributed by atoms with Crippen molar-refractivity contribution in [3.63, 3.8) is 0 Å². The molecule has 0 aliphatic rings. The quantitative estimate of drug-likeness (QED) is 0.269. The number of aromatic amines is 1. The van der Waals surface area contributed by atoms with Gasteiger partial charge in [-0.05, 0) is 17.5 Å². The molecule has 1 N–H and O–H groups in total. The normalized spacial score (nSPS) is 12.1. The molecule has 0 bridgehead atoms. The van der Waals surface area contributed by atoms with Gasteiger partial charge in [-0.3, -0.25) is 4.79 Å². The molecule has 0 aliphatic heterocycles. The van der Waals surface area contributed by atoms with Gasteiger partial charge in [-0.25, -0.2) is 9.37 Å². The molecule has 4 heterocycles. The Kier molecular flexibility index (Phi) is 5.10. The third-order valence-electron chi connectivity index (χ3n) is 3.83. The standard InChI is InChI=1S/C16H6Cl5FN4OS/c17-13-6(4-7(22)14(18)24-13)8-5-10(27)26-15(23-8)11(9-2-1-3-28-9)12(25-26)16(19,20)21/h1-5,23H. The minimum atomic E-state index is -1.88. The van der Waals surface area contributed by atoms with Crippen LogP contribution in [0.25, 0.3) is 27.3 Å². The van der Waals surface area contributed by atoms with Crippen LogP contribution in [0.5, 0.6) is 0 Å². The molecular formula is C16H6Cl5FN4OS. The smallest absolute Gasteiger partial charge is 0.274 e. The van der Waals surface area contributed by atoms with Gasteiger partial charge in [0.05, 0.1) is 11.3 Å². The van der Waals surface area contributed by atoms with E-state index in [2.05, 4.69) is 15.1 Å². The second kappa shape index (κ2) is 7.16. The van der Waals surface area contributed by atoms with Crippen LogP contribution in [0.4, 0.5) is 4.39 Å². The van der Waals surface area contributed by atoms with Gasteiger partial charge in [0, 0.05) is 16.5 Å². The minimum absolute atomic E-state index is 0.0785. The molecule has 4 aromatic heterocycles. The Morgan fingerprint density at radius 3 is 2.57 bits per heavy atom. The number of hydrogen-bond donors (Lipinski definition) is 1. The summed E-state index contributed by atoms with van der Waals surface area (Å²) in [6.45, 7) is 0. The molecule has 0 atom stereocenters. The average molecular weight is 499 g/mol. The number of hydrogen-bond acceptors (Lipinski definition) is 4. The number of H-pyrrole nitrogens is 1. The van der Waals surface area contributed by atoms with E-state index in [0.29, 0.717) is 5.56 Å². The maximum absolute atomic E-state index is 13.9. The second-order valence-corrected chi connectivity index (χ2v) is 9.52. The van der Waals surface area contributed by atoms with E-state index in [1.165, 1.54) is 17.4 Å². The largest absolute Gasteiger partial charge is 0.339 e. The molecule has 0 amide bonds. The van der Waals surface area contributed by atoms with Crippen LogP contribution in [-0.4, -0.2) is 19.6 Å². The zero-order valence-electron chi connectivity index (χ0n) is 13.3. The average Bonchev–Trinajstić information content (AvgIpc) is 3.24. The monoisotopic (exact) mass is 496 g/mol. The molecular weight excluding hydrogens is 493 g/mol. The van der Waals surface area contributed by atoms with Crippen molar-refractivity contribution in [2.75, 3.05) is 0 Å².